The Bertz CT molecular complexity index is 801. The van der Waals surface area contributed by atoms with Gasteiger partial charge in [0.05, 0.1) is 13.0 Å². The molecule has 1 heterocycles. The first-order chi connectivity index (χ1) is 13.9. The van der Waals surface area contributed by atoms with Crippen molar-refractivity contribution in [3.8, 4) is 5.75 Å². The Labute approximate surface area is 175 Å². The summed E-state index contributed by atoms with van der Waals surface area (Å²) in [6, 6.07) is 5.39. The average Bonchev–Trinajstić information content (AvgIpc) is 2.70. The van der Waals surface area contributed by atoms with Crippen molar-refractivity contribution in [3.63, 3.8) is 0 Å². The summed E-state index contributed by atoms with van der Waals surface area (Å²) in [4.78, 5) is 13.1. The summed E-state index contributed by atoms with van der Waals surface area (Å²) >= 11 is 0. The monoisotopic (exact) mass is 422 g/mol. The molecule has 2 aliphatic rings. The Kier molecular flexibility index (Phi) is 7.57. The molecule has 1 aliphatic heterocycles. The van der Waals surface area contributed by atoms with Gasteiger partial charge in [0.15, 0.2) is 0 Å². The van der Waals surface area contributed by atoms with Crippen LogP contribution in [-0.4, -0.2) is 44.9 Å². The van der Waals surface area contributed by atoms with Crippen LogP contribution >= 0.6 is 0 Å². The van der Waals surface area contributed by atoms with Gasteiger partial charge < -0.3 is 10.1 Å². The summed E-state index contributed by atoms with van der Waals surface area (Å²) in [5.41, 5.74) is 0.861. The zero-order valence-electron chi connectivity index (χ0n) is 17.7. The van der Waals surface area contributed by atoms with Gasteiger partial charge in [-0.15, -0.1) is 0 Å². The third-order valence-corrected chi connectivity index (χ3v) is 8.03. The number of aryl methyl sites for hydroxylation is 1. The van der Waals surface area contributed by atoms with Gasteiger partial charge >= 0.3 is 0 Å². The number of nitrogens with one attached hydrogen (secondary N) is 1. The van der Waals surface area contributed by atoms with E-state index in [0.29, 0.717) is 18.7 Å². The van der Waals surface area contributed by atoms with Gasteiger partial charge in [-0.3, -0.25) is 4.79 Å². The lowest BCUT2D eigenvalue weighted by molar-refractivity contribution is -0.126. The maximum atomic E-state index is 13.3. The normalized spacial score (nSPS) is 22.5. The molecule has 1 saturated heterocycles. The quantitative estimate of drug-likeness (QED) is 0.786. The first kappa shape index (κ1) is 22.1. The fraction of sp³-hybridized carbons (Fsp3) is 0.682. The Morgan fingerprint density at radius 2 is 1.76 bits per heavy atom. The zero-order chi connectivity index (χ0) is 20.9. The number of piperidine rings is 1. The first-order valence-electron chi connectivity index (χ1n) is 10.9. The lowest BCUT2D eigenvalue weighted by atomic mass is 9.94. The molecule has 2 fully saturated rings. The van der Waals surface area contributed by atoms with Crippen molar-refractivity contribution >= 4 is 15.9 Å². The Hall–Kier alpha value is -1.60. The van der Waals surface area contributed by atoms with E-state index >= 15 is 0 Å². The van der Waals surface area contributed by atoms with Gasteiger partial charge in [0, 0.05) is 19.1 Å². The van der Waals surface area contributed by atoms with Crippen molar-refractivity contribution in [2.75, 3.05) is 20.2 Å². The van der Waals surface area contributed by atoms with Crippen LogP contribution in [0, 0.1) is 12.8 Å². The topological polar surface area (TPSA) is 75.7 Å². The van der Waals surface area contributed by atoms with Crippen molar-refractivity contribution in [1.29, 1.82) is 0 Å². The largest absolute Gasteiger partial charge is 0.495 e. The van der Waals surface area contributed by atoms with Gasteiger partial charge in [0.25, 0.3) is 0 Å². The van der Waals surface area contributed by atoms with Crippen molar-refractivity contribution in [2.45, 2.75) is 75.6 Å². The molecule has 3 rings (SSSR count). The van der Waals surface area contributed by atoms with Gasteiger partial charge in [-0.2, -0.15) is 4.31 Å². The number of hydrogen-bond donors (Lipinski definition) is 1. The predicted octanol–water partition coefficient (Wildman–Crippen LogP) is 3.63. The maximum Gasteiger partial charge on any atom is 0.246 e. The molecule has 0 bridgehead atoms. The molecular weight excluding hydrogens is 388 g/mol. The van der Waals surface area contributed by atoms with Crippen LogP contribution in [0.4, 0.5) is 0 Å². The summed E-state index contributed by atoms with van der Waals surface area (Å²) in [7, 11) is -2.23. The lowest BCUT2D eigenvalue weighted by Crippen LogP contribution is -2.47. The van der Waals surface area contributed by atoms with Gasteiger partial charge in [0.1, 0.15) is 10.6 Å². The molecule has 0 radical (unpaired) electrons. The van der Waals surface area contributed by atoms with Crippen molar-refractivity contribution < 1.29 is 17.9 Å². The summed E-state index contributed by atoms with van der Waals surface area (Å²) in [5, 5.41) is 3.21. The van der Waals surface area contributed by atoms with E-state index < -0.39 is 10.0 Å². The van der Waals surface area contributed by atoms with Gasteiger partial charge in [-0.05, 0) is 50.3 Å². The number of methoxy groups -OCH3 is 1. The van der Waals surface area contributed by atoms with Crippen LogP contribution < -0.4 is 10.1 Å². The van der Waals surface area contributed by atoms with Crippen LogP contribution in [0.15, 0.2) is 23.1 Å². The molecule has 1 aromatic rings. The fourth-order valence-electron chi connectivity index (χ4n) is 4.42. The fourth-order valence-corrected chi connectivity index (χ4v) is 6.18. The van der Waals surface area contributed by atoms with Crippen LogP contribution in [0.5, 0.6) is 5.75 Å². The Morgan fingerprint density at radius 3 is 2.45 bits per heavy atom. The van der Waals surface area contributed by atoms with Crippen LogP contribution in [0.3, 0.4) is 0 Å². The minimum atomic E-state index is -3.71. The highest BCUT2D eigenvalue weighted by Gasteiger charge is 2.35. The van der Waals surface area contributed by atoms with E-state index in [9.17, 15) is 13.2 Å². The van der Waals surface area contributed by atoms with Crippen LogP contribution in [-0.2, 0) is 14.8 Å². The van der Waals surface area contributed by atoms with E-state index in [0.717, 1.165) is 37.7 Å². The molecule has 1 aromatic carbocycles. The minimum Gasteiger partial charge on any atom is -0.495 e. The van der Waals surface area contributed by atoms with Crippen LogP contribution in [0.25, 0.3) is 0 Å². The van der Waals surface area contributed by atoms with E-state index in [1.54, 1.807) is 12.1 Å². The van der Waals surface area contributed by atoms with Crippen molar-refractivity contribution in [1.82, 2.24) is 9.62 Å². The van der Waals surface area contributed by atoms with E-state index in [1.165, 1.54) is 30.7 Å². The highest BCUT2D eigenvalue weighted by atomic mass is 32.2. The second-order valence-corrected chi connectivity index (χ2v) is 10.3. The van der Waals surface area contributed by atoms with Crippen LogP contribution in [0.1, 0.15) is 63.4 Å². The molecule has 6 nitrogen and oxygen atoms in total. The summed E-state index contributed by atoms with van der Waals surface area (Å²) in [6.45, 7) is 2.53. The third-order valence-electron chi connectivity index (χ3n) is 6.14. The first-order valence-corrected chi connectivity index (χ1v) is 12.3. The molecule has 1 aliphatic carbocycles. The molecule has 1 amide bonds. The SMILES string of the molecule is COc1ccc(C)cc1S(=O)(=O)N1CCC[C@H](C(=O)NC2CCCCCCC2)C1. The predicted molar refractivity (Wildman–Crippen MR) is 113 cm³/mol. The van der Waals surface area contributed by atoms with E-state index in [-0.39, 0.29) is 29.3 Å². The highest BCUT2D eigenvalue weighted by molar-refractivity contribution is 7.89. The smallest absolute Gasteiger partial charge is 0.246 e. The average molecular weight is 423 g/mol. The van der Waals surface area contributed by atoms with E-state index in [2.05, 4.69) is 5.32 Å². The third kappa shape index (κ3) is 5.51. The molecule has 162 valence electrons. The molecule has 29 heavy (non-hydrogen) atoms. The van der Waals surface area contributed by atoms with Crippen molar-refractivity contribution in [2.24, 2.45) is 5.92 Å². The number of nitrogens with zero attached hydrogens (tertiary/aromatic N) is 1. The number of rotatable bonds is 5. The molecular formula is C22H34N2O4S. The second-order valence-electron chi connectivity index (χ2n) is 8.41. The molecule has 1 atom stereocenters. The summed E-state index contributed by atoms with van der Waals surface area (Å²) in [6.07, 6.45) is 9.55. The summed E-state index contributed by atoms with van der Waals surface area (Å²) in [5.74, 6) is 0.0585. The standard InChI is InChI=1S/C22H34N2O4S/c1-17-12-13-20(28-2)21(15-17)29(26,27)24-14-8-9-18(16-24)22(25)23-19-10-6-4-3-5-7-11-19/h12-13,15,18-19H,3-11,14,16H2,1-2H3,(H,23,25)/t18-/m0/s1. The van der Waals surface area contributed by atoms with E-state index in [4.69, 9.17) is 4.74 Å². The highest BCUT2D eigenvalue weighted by Crippen LogP contribution is 2.31. The van der Waals surface area contributed by atoms with Gasteiger partial charge in [-0.25, -0.2) is 8.42 Å². The number of benzene rings is 1. The Morgan fingerprint density at radius 1 is 1.07 bits per heavy atom. The number of ether oxygens (including phenoxy) is 1. The molecule has 0 aromatic heterocycles. The minimum absolute atomic E-state index is 0.00619. The number of sulfonamides is 1. The maximum absolute atomic E-state index is 13.3. The van der Waals surface area contributed by atoms with E-state index in [1.807, 2.05) is 13.0 Å². The number of carbonyl (C=O) groups is 1. The summed E-state index contributed by atoms with van der Waals surface area (Å²) < 4.78 is 33.3. The van der Waals surface area contributed by atoms with Gasteiger partial charge in [0.2, 0.25) is 15.9 Å². The molecule has 7 heteroatoms. The van der Waals surface area contributed by atoms with Crippen LogP contribution in [0.2, 0.25) is 0 Å². The number of amides is 1. The molecule has 0 unspecified atom stereocenters. The number of hydrogen-bond acceptors (Lipinski definition) is 4. The molecule has 0 spiro atoms. The lowest BCUT2D eigenvalue weighted by Gasteiger charge is -2.32. The number of carbonyl (C=O) groups excluding carboxylic acids is 1. The Balaban J connectivity index is 1.69. The van der Waals surface area contributed by atoms with Crippen molar-refractivity contribution in [3.05, 3.63) is 23.8 Å². The van der Waals surface area contributed by atoms with Gasteiger partial charge in [-0.1, -0.05) is 38.2 Å². The molecule has 1 saturated carbocycles. The zero-order valence-corrected chi connectivity index (χ0v) is 18.5. The second kappa shape index (κ2) is 9.94. The molecule has 1 N–H and O–H groups in total.